The molecule has 2 heterocycles. The van der Waals surface area contributed by atoms with Crippen LogP contribution in [0.5, 0.6) is 0 Å². The summed E-state index contributed by atoms with van der Waals surface area (Å²) < 4.78 is 20.2. The van der Waals surface area contributed by atoms with Crippen molar-refractivity contribution in [1.29, 1.82) is 0 Å². The van der Waals surface area contributed by atoms with Crippen molar-refractivity contribution in [3.63, 3.8) is 0 Å². The number of rotatable bonds is 1. The van der Waals surface area contributed by atoms with Gasteiger partial charge < -0.3 is 14.1 Å². The van der Waals surface area contributed by atoms with Gasteiger partial charge in [-0.05, 0) is 12.1 Å². The van der Waals surface area contributed by atoms with Crippen LogP contribution in [-0.2, 0) is 7.05 Å². The van der Waals surface area contributed by atoms with Crippen molar-refractivity contribution in [3.8, 4) is 0 Å². The molecule has 86 valence electrons. The lowest BCUT2D eigenvalue weighted by atomic mass is 10.2. The number of fused-ring (bicyclic) bond motifs is 3. The van der Waals surface area contributed by atoms with Gasteiger partial charge in [0.1, 0.15) is 5.69 Å². The number of hydrogen-bond donors (Lipinski definition) is 1. The van der Waals surface area contributed by atoms with Gasteiger partial charge in [-0.1, -0.05) is 12.1 Å². The van der Waals surface area contributed by atoms with Crippen molar-refractivity contribution >= 4 is 28.0 Å². The fourth-order valence-corrected chi connectivity index (χ4v) is 2.03. The topological polar surface area (TPSA) is 55.4 Å². The van der Waals surface area contributed by atoms with E-state index in [1.807, 2.05) is 0 Å². The lowest BCUT2D eigenvalue weighted by Gasteiger charge is -1.96. The fraction of sp³-hybridized carbons (Fsp3) is 0.0833. The largest absolute Gasteiger partial charge is 0.477 e. The summed E-state index contributed by atoms with van der Waals surface area (Å²) in [5, 5.41) is 10.2. The normalized spacial score (nSPS) is 11.4. The molecular formula is C12H8FNO3. The molecule has 1 N–H and O–H groups in total. The Kier molecular flexibility index (Phi) is 1.80. The number of carboxylic acid groups (broad SMARTS) is 1. The first-order chi connectivity index (χ1) is 8.09. The van der Waals surface area contributed by atoms with Crippen molar-refractivity contribution in [1.82, 2.24) is 4.57 Å². The van der Waals surface area contributed by atoms with Gasteiger partial charge in [0.15, 0.2) is 11.4 Å². The summed E-state index contributed by atoms with van der Waals surface area (Å²) in [6.07, 6.45) is 0. The smallest absolute Gasteiger partial charge is 0.352 e. The number of aromatic carboxylic acids is 1. The van der Waals surface area contributed by atoms with Gasteiger partial charge in [-0.3, -0.25) is 0 Å². The van der Waals surface area contributed by atoms with E-state index in [1.165, 1.54) is 16.7 Å². The number of halogens is 1. The molecule has 0 atom stereocenters. The van der Waals surface area contributed by atoms with Crippen molar-refractivity contribution in [3.05, 3.63) is 35.8 Å². The van der Waals surface area contributed by atoms with Crippen LogP contribution in [0.25, 0.3) is 22.1 Å². The molecule has 0 spiro atoms. The Morgan fingerprint density at radius 3 is 2.88 bits per heavy atom. The van der Waals surface area contributed by atoms with Gasteiger partial charge in [0, 0.05) is 17.8 Å². The van der Waals surface area contributed by atoms with Crippen LogP contribution < -0.4 is 0 Å². The molecule has 17 heavy (non-hydrogen) atoms. The van der Waals surface area contributed by atoms with Crippen LogP contribution in [0.3, 0.4) is 0 Å². The number of benzene rings is 1. The molecule has 2 aromatic heterocycles. The molecule has 0 saturated heterocycles. The molecule has 3 rings (SSSR count). The minimum atomic E-state index is -1.04. The molecule has 0 aliphatic heterocycles. The molecule has 4 nitrogen and oxygen atoms in total. The van der Waals surface area contributed by atoms with E-state index < -0.39 is 11.8 Å². The maximum Gasteiger partial charge on any atom is 0.352 e. The molecule has 5 heteroatoms. The number of aryl methyl sites for hydroxylation is 1. The molecule has 0 saturated carbocycles. The monoisotopic (exact) mass is 233 g/mol. The Labute approximate surface area is 94.9 Å². The van der Waals surface area contributed by atoms with E-state index in [-0.39, 0.29) is 11.3 Å². The molecule has 0 aliphatic rings. The Hall–Kier alpha value is -2.30. The summed E-state index contributed by atoms with van der Waals surface area (Å²) in [6, 6.07) is 6.07. The highest BCUT2D eigenvalue weighted by Gasteiger charge is 2.18. The van der Waals surface area contributed by atoms with E-state index in [0.717, 1.165) is 0 Å². The predicted octanol–water partition coefficient (Wildman–Crippen LogP) is 2.76. The Bertz CT molecular complexity index is 754. The summed E-state index contributed by atoms with van der Waals surface area (Å²) in [5.41, 5.74) is 0.637. The van der Waals surface area contributed by atoms with Crippen LogP contribution >= 0.6 is 0 Å². The zero-order valence-electron chi connectivity index (χ0n) is 8.90. The van der Waals surface area contributed by atoms with E-state index in [0.29, 0.717) is 16.5 Å². The fourth-order valence-electron chi connectivity index (χ4n) is 2.03. The van der Waals surface area contributed by atoms with Crippen molar-refractivity contribution < 1.29 is 18.7 Å². The number of furan rings is 1. The lowest BCUT2D eigenvalue weighted by molar-refractivity contribution is 0.0686. The SMILES string of the molecule is Cn1c(C(=O)O)cc2c3cccc(F)c3oc21. The van der Waals surface area contributed by atoms with Crippen LogP contribution in [0.1, 0.15) is 10.5 Å². The first-order valence-electron chi connectivity index (χ1n) is 4.99. The van der Waals surface area contributed by atoms with Crippen LogP contribution in [0, 0.1) is 5.82 Å². The summed E-state index contributed by atoms with van der Waals surface area (Å²) in [5.74, 6) is -1.49. The van der Waals surface area contributed by atoms with Crippen molar-refractivity contribution in [2.24, 2.45) is 7.05 Å². The summed E-state index contributed by atoms with van der Waals surface area (Å²) in [7, 11) is 1.58. The Balaban J connectivity index is 2.49. The van der Waals surface area contributed by atoms with Gasteiger partial charge >= 0.3 is 5.97 Å². The van der Waals surface area contributed by atoms with Crippen molar-refractivity contribution in [2.75, 3.05) is 0 Å². The minimum absolute atomic E-state index is 0.116. The Morgan fingerprint density at radius 1 is 1.41 bits per heavy atom. The molecule has 0 bridgehead atoms. The van der Waals surface area contributed by atoms with Gasteiger partial charge in [-0.2, -0.15) is 0 Å². The maximum atomic E-state index is 13.5. The predicted molar refractivity (Wildman–Crippen MR) is 59.6 cm³/mol. The molecule has 0 unspecified atom stereocenters. The standard InChI is InChI=1S/C12H8FNO3/c1-14-9(12(15)16)5-7-6-3-2-4-8(13)10(6)17-11(7)14/h2-5H,1H3,(H,15,16). The Morgan fingerprint density at radius 2 is 2.18 bits per heavy atom. The summed E-state index contributed by atoms with van der Waals surface area (Å²) in [4.78, 5) is 11.0. The second-order valence-electron chi connectivity index (χ2n) is 3.83. The number of carboxylic acids is 1. The van der Waals surface area contributed by atoms with E-state index in [9.17, 15) is 9.18 Å². The molecule has 0 amide bonds. The zero-order chi connectivity index (χ0) is 12.2. The van der Waals surface area contributed by atoms with Gasteiger partial charge in [-0.15, -0.1) is 0 Å². The molecule has 1 aromatic carbocycles. The third-order valence-electron chi connectivity index (χ3n) is 2.85. The van der Waals surface area contributed by atoms with Gasteiger partial charge in [0.25, 0.3) is 0 Å². The second kappa shape index (κ2) is 3.10. The highest BCUT2D eigenvalue weighted by atomic mass is 19.1. The van der Waals surface area contributed by atoms with Crippen LogP contribution in [0.2, 0.25) is 0 Å². The maximum absolute atomic E-state index is 13.5. The van der Waals surface area contributed by atoms with Crippen molar-refractivity contribution in [2.45, 2.75) is 0 Å². The first-order valence-corrected chi connectivity index (χ1v) is 4.99. The lowest BCUT2D eigenvalue weighted by Crippen LogP contribution is -2.03. The number of carbonyl (C=O) groups is 1. The highest BCUT2D eigenvalue weighted by molar-refractivity contribution is 6.07. The molecule has 0 aliphatic carbocycles. The number of aromatic nitrogens is 1. The molecule has 0 fully saturated rings. The number of nitrogens with zero attached hydrogens (tertiary/aromatic N) is 1. The van der Waals surface area contributed by atoms with Gasteiger partial charge in [0.05, 0.1) is 0 Å². The van der Waals surface area contributed by atoms with Crippen LogP contribution in [0.4, 0.5) is 4.39 Å². The molecular weight excluding hydrogens is 225 g/mol. The molecule has 3 aromatic rings. The highest BCUT2D eigenvalue weighted by Crippen LogP contribution is 2.32. The summed E-state index contributed by atoms with van der Waals surface area (Å²) >= 11 is 0. The first kappa shape index (κ1) is 9.89. The third-order valence-corrected chi connectivity index (χ3v) is 2.85. The average Bonchev–Trinajstić information content (AvgIpc) is 2.78. The van der Waals surface area contributed by atoms with E-state index in [1.54, 1.807) is 19.2 Å². The minimum Gasteiger partial charge on any atom is -0.477 e. The zero-order valence-corrected chi connectivity index (χ0v) is 8.90. The number of para-hydroxylation sites is 1. The molecule has 0 radical (unpaired) electrons. The van der Waals surface area contributed by atoms with Crippen LogP contribution in [-0.4, -0.2) is 15.6 Å². The third kappa shape index (κ3) is 1.19. The van der Waals surface area contributed by atoms with E-state index in [2.05, 4.69) is 0 Å². The summed E-state index contributed by atoms with van der Waals surface area (Å²) in [6.45, 7) is 0. The quantitative estimate of drug-likeness (QED) is 0.703. The average molecular weight is 233 g/mol. The van der Waals surface area contributed by atoms with Gasteiger partial charge in [-0.25, -0.2) is 9.18 Å². The van der Waals surface area contributed by atoms with Gasteiger partial charge in [0.2, 0.25) is 5.71 Å². The van der Waals surface area contributed by atoms with E-state index >= 15 is 0 Å². The van der Waals surface area contributed by atoms with Crippen LogP contribution in [0.15, 0.2) is 28.7 Å². The van der Waals surface area contributed by atoms with E-state index in [4.69, 9.17) is 9.52 Å². The number of hydrogen-bond acceptors (Lipinski definition) is 2. The second-order valence-corrected chi connectivity index (χ2v) is 3.83.